The second-order valence-corrected chi connectivity index (χ2v) is 19.8. The molecule has 468 valence electrons. The molecule has 1 unspecified atom stereocenters. The van der Waals surface area contributed by atoms with E-state index in [9.17, 15) is 47.9 Å². The van der Waals surface area contributed by atoms with E-state index in [-0.39, 0.29) is 156 Å². The van der Waals surface area contributed by atoms with Gasteiger partial charge in [-0.1, -0.05) is 38.0 Å². The predicted octanol–water partition coefficient (Wildman–Crippen LogP) is 9.55. The minimum atomic E-state index is -1.17. The van der Waals surface area contributed by atoms with Crippen molar-refractivity contribution >= 4 is 79.7 Å². The number of hydrogen-bond acceptors (Lipinski definition) is 24. The van der Waals surface area contributed by atoms with Gasteiger partial charge in [0.2, 0.25) is 23.0 Å². The Hall–Kier alpha value is -10.3. The van der Waals surface area contributed by atoms with Crippen LogP contribution in [0.4, 0.5) is 0 Å². The van der Waals surface area contributed by atoms with Crippen molar-refractivity contribution in [2.45, 2.75) is 98.2 Å². The zero-order valence-corrected chi connectivity index (χ0v) is 49.4. The summed E-state index contributed by atoms with van der Waals surface area (Å²) < 4.78 is 79.4. The maximum Gasteiger partial charge on any atom is 0.374 e. The fourth-order valence-electron chi connectivity index (χ4n) is 9.22. The van der Waals surface area contributed by atoms with Crippen molar-refractivity contribution < 1.29 is 93.8 Å². The van der Waals surface area contributed by atoms with Gasteiger partial charge in [0.25, 0.3) is 0 Å². The summed E-state index contributed by atoms with van der Waals surface area (Å²) in [7, 11) is 0. The van der Waals surface area contributed by atoms with Gasteiger partial charge >= 0.3 is 35.8 Å². The normalized spacial score (nSPS) is 11.5. The van der Waals surface area contributed by atoms with Crippen LogP contribution in [0.2, 0.25) is 0 Å². The molecule has 0 saturated carbocycles. The van der Waals surface area contributed by atoms with Crippen molar-refractivity contribution in [3.63, 3.8) is 0 Å². The number of carbonyl (C=O) groups is 6. The van der Waals surface area contributed by atoms with Crippen LogP contribution in [-0.2, 0) is 44.4 Å². The minimum absolute atomic E-state index is 0.00315. The van der Waals surface area contributed by atoms with Crippen LogP contribution in [0.3, 0.4) is 0 Å². The lowest BCUT2D eigenvalue weighted by Gasteiger charge is -2.20. The van der Waals surface area contributed by atoms with E-state index in [0.717, 1.165) is 24.3 Å². The van der Waals surface area contributed by atoms with E-state index in [2.05, 4.69) is 0 Å². The highest BCUT2D eigenvalue weighted by Gasteiger charge is 2.26. The Kier molecular flexibility index (Phi) is 22.5. The summed E-state index contributed by atoms with van der Waals surface area (Å²) in [5.74, 6) is -5.74. The summed E-state index contributed by atoms with van der Waals surface area (Å²) in [5, 5.41) is -0.0426. The van der Waals surface area contributed by atoms with Crippen LogP contribution in [0, 0.1) is 0 Å². The molecule has 0 radical (unpaired) electrons. The molecule has 8 rings (SSSR count). The van der Waals surface area contributed by atoms with Gasteiger partial charge in [0.1, 0.15) is 93.3 Å². The van der Waals surface area contributed by atoms with E-state index >= 15 is 0 Å². The number of ether oxygens (including phenoxy) is 10. The maximum absolute atomic E-state index is 13.8. The van der Waals surface area contributed by atoms with Gasteiger partial charge < -0.3 is 65.0 Å². The van der Waals surface area contributed by atoms with Crippen LogP contribution < -0.4 is 40.7 Å². The van der Waals surface area contributed by atoms with Gasteiger partial charge in [0.05, 0.1) is 26.4 Å². The number of aryl methyl sites for hydroxylation is 1. The SMILES string of the molecule is CCCCC(=O)OC(COc1cccc2oc(C(=O)OCC)cc(=O)c12)COc1cc(CCCCCC(=O)OC(COc2cccc3oc(C(=O)OCC)cc(=O)c23)COc2cccc3oc(C(=O)OCC)cc(=O)c23)cc2oc(C(=O)OCC)cc(=O)c12. The van der Waals surface area contributed by atoms with Crippen molar-refractivity contribution in [3.8, 4) is 23.0 Å². The molecule has 0 saturated heterocycles. The Balaban J connectivity index is 0.980. The van der Waals surface area contributed by atoms with E-state index in [1.54, 1.807) is 45.9 Å². The third kappa shape index (κ3) is 16.6. The molecule has 0 aliphatic heterocycles. The van der Waals surface area contributed by atoms with Gasteiger partial charge in [0.15, 0.2) is 33.9 Å². The first kappa shape index (κ1) is 64.7. The fourth-order valence-corrected chi connectivity index (χ4v) is 9.22. The van der Waals surface area contributed by atoms with Crippen LogP contribution in [0.5, 0.6) is 23.0 Å². The summed E-state index contributed by atoms with van der Waals surface area (Å²) in [6, 6.07) is 20.6. The molecule has 24 nitrogen and oxygen atoms in total. The monoisotopic (exact) mass is 1230 g/mol. The lowest BCUT2D eigenvalue weighted by molar-refractivity contribution is -0.153. The Labute approximate surface area is 506 Å². The number of carbonyl (C=O) groups excluding carboxylic acids is 6. The number of unbranched alkanes of at least 4 members (excludes halogenated alkanes) is 3. The first-order valence-corrected chi connectivity index (χ1v) is 28.9. The molecule has 0 N–H and O–H groups in total. The minimum Gasteiger partial charge on any atom is -0.489 e. The Morgan fingerprint density at radius 1 is 0.382 bits per heavy atom. The first-order chi connectivity index (χ1) is 43.0. The number of fused-ring (bicyclic) bond motifs is 4. The van der Waals surface area contributed by atoms with Crippen molar-refractivity contribution in [1.82, 2.24) is 0 Å². The maximum atomic E-state index is 13.8. The molecule has 89 heavy (non-hydrogen) atoms. The standard InChI is InChI=1S/C65H64O24/c1-6-11-25-56(70)84-39(35-82-46-21-17-24-49-60(46)42(68)31-54(88-49)64(74)78-9-4)36-83-50-27-37(28-51-61(50)43(69)32-55(89-51)65(75)79-10-5)18-13-12-14-26-57(71)85-38(33-80-44-19-15-22-47-58(44)40(66)29-52(86-47)62(72)76-7-2)34-81-45-20-16-23-48-59(45)41(67)30-53(87-48)63(73)77-8-3/h15-17,19-24,27-32,38-39H,6-14,18,25-26,33-36H2,1-5H3. The lowest BCUT2D eigenvalue weighted by atomic mass is 10.0. The number of hydrogen-bond donors (Lipinski definition) is 0. The van der Waals surface area contributed by atoms with Crippen molar-refractivity contribution in [2.24, 2.45) is 0 Å². The summed E-state index contributed by atoms with van der Waals surface area (Å²) in [6.07, 6.45) is 0.471. The predicted molar refractivity (Wildman–Crippen MR) is 317 cm³/mol. The Bertz CT molecular complexity index is 4030. The third-order valence-corrected chi connectivity index (χ3v) is 13.3. The van der Waals surface area contributed by atoms with Crippen LogP contribution in [0.15, 0.2) is 128 Å². The number of benzene rings is 4. The van der Waals surface area contributed by atoms with Crippen molar-refractivity contribution in [2.75, 3.05) is 52.9 Å². The average molecular weight is 1230 g/mol. The van der Waals surface area contributed by atoms with Crippen LogP contribution in [0.25, 0.3) is 43.9 Å². The van der Waals surface area contributed by atoms with Gasteiger partial charge in [-0.05, 0) is 107 Å². The van der Waals surface area contributed by atoms with Gasteiger partial charge in [-0.15, -0.1) is 0 Å². The summed E-state index contributed by atoms with van der Waals surface area (Å²) in [5.41, 5.74) is -1.80. The highest BCUT2D eigenvalue weighted by atomic mass is 16.6. The Morgan fingerprint density at radius 2 is 0.719 bits per heavy atom. The summed E-state index contributed by atoms with van der Waals surface area (Å²) >= 11 is 0. The van der Waals surface area contributed by atoms with E-state index in [1.165, 1.54) is 48.5 Å². The zero-order chi connectivity index (χ0) is 63.6. The number of rotatable bonds is 31. The number of esters is 6. The lowest BCUT2D eigenvalue weighted by Crippen LogP contribution is -2.31. The highest BCUT2D eigenvalue weighted by Crippen LogP contribution is 2.31. The first-order valence-electron chi connectivity index (χ1n) is 28.9. The van der Waals surface area contributed by atoms with E-state index in [4.69, 9.17) is 65.0 Å². The van der Waals surface area contributed by atoms with Gasteiger partial charge in [0, 0.05) is 37.1 Å². The Morgan fingerprint density at radius 3 is 1.08 bits per heavy atom. The van der Waals surface area contributed by atoms with E-state index in [0.29, 0.717) is 44.1 Å². The highest BCUT2D eigenvalue weighted by molar-refractivity contribution is 5.94. The molecule has 0 bridgehead atoms. The summed E-state index contributed by atoms with van der Waals surface area (Å²) in [6.45, 7) is 7.00. The molecule has 1 atom stereocenters. The summed E-state index contributed by atoms with van der Waals surface area (Å²) in [4.78, 5) is 131. The fraction of sp³-hybridized carbons (Fsp3) is 0.354. The average Bonchev–Trinajstić information content (AvgIpc) is 1.12. The van der Waals surface area contributed by atoms with Crippen LogP contribution >= 0.6 is 0 Å². The van der Waals surface area contributed by atoms with Crippen molar-refractivity contribution in [1.29, 1.82) is 0 Å². The van der Waals surface area contributed by atoms with Crippen molar-refractivity contribution in [3.05, 3.63) is 160 Å². The molecule has 4 aromatic heterocycles. The third-order valence-electron chi connectivity index (χ3n) is 13.3. The molecule has 0 fully saturated rings. The molecule has 0 aliphatic carbocycles. The molecule has 4 heterocycles. The van der Waals surface area contributed by atoms with Gasteiger partial charge in [-0.2, -0.15) is 0 Å². The second kappa shape index (κ2) is 30.9. The van der Waals surface area contributed by atoms with E-state index < -0.39 is 69.7 Å². The smallest absolute Gasteiger partial charge is 0.374 e. The largest absolute Gasteiger partial charge is 0.489 e. The molecule has 24 heteroatoms. The molecular weight excluding hydrogens is 1160 g/mol. The second-order valence-electron chi connectivity index (χ2n) is 19.8. The van der Waals surface area contributed by atoms with Gasteiger partial charge in [-0.25, -0.2) is 19.2 Å². The molecule has 0 amide bonds. The molecule has 0 aliphatic rings. The zero-order valence-electron chi connectivity index (χ0n) is 49.4. The van der Waals surface area contributed by atoms with E-state index in [1.807, 2.05) is 6.92 Å². The van der Waals surface area contributed by atoms with Crippen LogP contribution in [-0.4, -0.2) is 101 Å². The topological polar surface area (TPSA) is 316 Å². The molecular formula is C65H64O24. The quantitative estimate of drug-likeness (QED) is 0.0222. The molecule has 8 aromatic rings. The molecule has 0 spiro atoms. The molecule has 4 aromatic carbocycles. The van der Waals surface area contributed by atoms with Gasteiger partial charge in [-0.3, -0.25) is 28.8 Å². The van der Waals surface area contributed by atoms with Crippen LogP contribution in [0.1, 0.15) is 127 Å².